The quantitative estimate of drug-likeness (QED) is 0.745. The highest BCUT2D eigenvalue weighted by Gasteiger charge is 2.06. The molecule has 15 heavy (non-hydrogen) atoms. The highest BCUT2D eigenvalue weighted by Crippen LogP contribution is 2.11. The van der Waals surface area contributed by atoms with Gasteiger partial charge in [0, 0.05) is 20.0 Å². The second-order valence-electron chi connectivity index (χ2n) is 3.53. The molecule has 82 valence electrons. The Morgan fingerprint density at radius 3 is 2.87 bits per heavy atom. The molecule has 1 aromatic rings. The van der Waals surface area contributed by atoms with Crippen LogP contribution in [0.4, 0.5) is 4.39 Å². The van der Waals surface area contributed by atoms with E-state index in [1.807, 2.05) is 6.92 Å². The average Bonchev–Trinajstić information content (AvgIpc) is 2.20. The van der Waals surface area contributed by atoms with Gasteiger partial charge in [0.15, 0.2) is 0 Å². The van der Waals surface area contributed by atoms with Gasteiger partial charge in [0.1, 0.15) is 11.6 Å². The first-order valence-electron chi connectivity index (χ1n) is 4.89. The number of carbonyl (C=O) groups excluding carboxylic acids is 1. The summed E-state index contributed by atoms with van der Waals surface area (Å²) in [7, 11) is 1.56. The number of Topliss-reactive ketones (excluding diaryl/α,β-unsaturated/α-hetero) is 1. The van der Waals surface area contributed by atoms with Crippen LogP contribution in [0, 0.1) is 12.7 Å². The lowest BCUT2D eigenvalue weighted by molar-refractivity contribution is -0.119. The van der Waals surface area contributed by atoms with Crippen LogP contribution in [0.1, 0.15) is 17.5 Å². The van der Waals surface area contributed by atoms with Crippen LogP contribution in [0.3, 0.4) is 0 Å². The Kier molecular flexibility index (Phi) is 4.43. The van der Waals surface area contributed by atoms with E-state index in [0.29, 0.717) is 13.0 Å². The fraction of sp³-hybridized carbons (Fsp3) is 0.417. The Labute approximate surface area is 89.1 Å². The third-order valence-corrected chi connectivity index (χ3v) is 2.28. The van der Waals surface area contributed by atoms with Gasteiger partial charge in [0.25, 0.3) is 0 Å². The normalized spacial score (nSPS) is 10.3. The molecule has 0 atom stereocenters. The minimum absolute atomic E-state index is 0.0746. The van der Waals surface area contributed by atoms with Gasteiger partial charge in [0.05, 0.1) is 6.61 Å². The van der Waals surface area contributed by atoms with Crippen LogP contribution in [-0.2, 0) is 16.0 Å². The van der Waals surface area contributed by atoms with E-state index in [4.69, 9.17) is 4.74 Å². The summed E-state index contributed by atoms with van der Waals surface area (Å²) in [6.45, 7) is 2.30. The van der Waals surface area contributed by atoms with Crippen LogP contribution < -0.4 is 0 Å². The van der Waals surface area contributed by atoms with Gasteiger partial charge >= 0.3 is 0 Å². The number of carbonyl (C=O) groups is 1. The number of hydrogen-bond donors (Lipinski definition) is 0. The first-order valence-corrected chi connectivity index (χ1v) is 4.89. The molecule has 0 fully saturated rings. The molecule has 0 bridgehead atoms. The number of rotatable bonds is 5. The summed E-state index contributed by atoms with van der Waals surface area (Å²) >= 11 is 0. The molecule has 0 radical (unpaired) electrons. The van der Waals surface area contributed by atoms with Crippen molar-refractivity contribution >= 4 is 5.78 Å². The van der Waals surface area contributed by atoms with Crippen molar-refractivity contribution in [2.45, 2.75) is 19.8 Å². The number of hydrogen-bond acceptors (Lipinski definition) is 2. The Morgan fingerprint density at radius 1 is 1.47 bits per heavy atom. The smallest absolute Gasteiger partial charge is 0.139 e. The number of halogens is 1. The lowest BCUT2D eigenvalue weighted by Crippen LogP contribution is -2.07. The predicted octanol–water partition coefficient (Wildman–Crippen LogP) is 2.28. The monoisotopic (exact) mass is 210 g/mol. The van der Waals surface area contributed by atoms with Crippen molar-refractivity contribution in [1.82, 2.24) is 0 Å². The van der Waals surface area contributed by atoms with Crippen LogP contribution in [0.15, 0.2) is 18.2 Å². The highest BCUT2D eigenvalue weighted by atomic mass is 19.1. The number of ether oxygens (including phenoxy) is 1. The van der Waals surface area contributed by atoms with E-state index in [-0.39, 0.29) is 18.0 Å². The summed E-state index contributed by atoms with van der Waals surface area (Å²) in [6.07, 6.45) is 0.666. The molecule has 0 saturated heterocycles. The van der Waals surface area contributed by atoms with Crippen molar-refractivity contribution in [2.75, 3.05) is 13.7 Å². The fourth-order valence-electron chi connectivity index (χ4n) is 1.35. The first kappa shape index (κ1) is 11.9. The number of benzene rings is 1. The van der Waals surface area contributed by atoms with Gasteiger partial charge < -0.3 is 4.74 Å². The molecule has 2 nitrogen and oxygen atoms in total. The zero-order valence-electron chi connectivity index (χ0n) is 9.05. The van der Waals surface area contributed by atoms with E-state index in [1.165, 1.54) is 12.1 Å². The van der Waals surface area contributed by atoms with E-state index in [9.17, 15) is 9.18 Å². The van der Waals surface area contributed by atoms with Crippen molar-refractivity contribution < 1.29 is 13.9 Å². The van der Waals surface area contributed by atoms with E-state index in [2.05, 4.69) is 0 Å². The molecule has 0 aliphatic carbocycles. The van der Waals surface area contributed by atoms with Crippen LogP contribution >= 0.6 is 0 Å². The van der Waals surface area contributed by atoms with Crippen molar-refractivity contribution in [2.24, 2.45) is 0 Å². The van der Waals surface area contributed by atoms with Gasteiger partial charge in [0.2, 0.25) is 0 Å². The summed E-state index contributed by atoms with van der Waals surface area (Å²) < 4.78 is 17.7. The van der Waals surface area contributed by atoms with Crippen molar-refractivity contribution in [3.05, 3.63) is 35.1 Å². The van der Waals surface area contributed by atoms with Gasteiger partial charge in [-0.15, -0.1) is 0 Å². The van der Waals surface area contributed by atoms with Gasteiger partial charge in [-0.3, -0.25) is 4.79 Å². The van der Waals surface area contributed by atoms with Crippen molar-refractivity contribution in [3.8, 4) is 0 Å². The molecule has 0 heterocycles. The highest BCUT2D eigenvalue weighted by molar-refractivity contribution is 5.81. The molecule has 3 heteroatoms. The summed E-state index contributed by atoms with van der Waals surface area (Å²) in [5.41, 5.74) is 1.71. The molecule has 0 spiro atoms. The van der Waals surface area contributed by atoms with Crippen LogP contribution in [0.2, 0.25) is 0 Å². The maximum Gasteiger partial charge on any atom is 0.139 e. The molecule has 0 aliphatic heterocycles. The Balaban J connectivity index is 2.63. The van der Waals surface area contributed by atoms with Gasteiger partial charge in [-0.2, -0.15) is 0 Å². The number of ketones is 1. The van der Waals surface area contributed by atoms with E-state index in [0.717, 1.165) is 11.1 Å². The number of aryl methyl sites for hydroxylation is 1. The van der Waals surface area contributed by atoms with E-state index >= 15 is 0 Å². The molecular weight excluding hydrogens is 195 g/mol. The lowest BCUT2D eigenvalue weighted by Gasteiger charge is -2.05. The largest absolute Gasteiger partial charge is 0.384 e. The molecule has 1 aromatic carbocycles. The summed E-state index contributed by atoms with van der Waals surface area (Å²) in [5.74, 6) is -0.222. The standard InChI is InChI=1S/C12H15FO2/c1-9-3-4-11(13)7-10(9)8-12(14)5-6-15-2/h3-4,7H,5-6,8H2,1-2H3. The second kappa shape index (κ2) is 5.61. The maximum absolute atomic E-state index is 12.9. The molecule has 0 N–H and O–H groups in total. The summed E-state index contributed by atoms with van der Waals surface area (Å²) in [4.78, 5) is 11.4. The molecule has 0 amide bonds. The topological polar surface area (TPSA) is 26.3 Å². The molecular formula is C12H15FO2. The Bertz CT molecular complexity index is 347. The third kappa shape index (κ3) is 3.80. The Morgan fingerprint density at radius 2 is 2.20 bits per heavy atom. The third-order valence-electron chi connectivity index (χ3n) is 2.28. The van der Waals surface area contributed by atoms with Gasteiger partial charge in [-0.05, 0) is 30.2 Å². The van der Waals surface area contributed by atoms with Crippen LogP contribution in [0.25, 0.3) is 0 Å². The van der Waals surface area contributed by atoms with Crippen LogP contribution in [-0.4, -0.2) is 19.5 Å². The van der Waals surface area contributed by atoms with Crippen LogP contribution in [0.5, 0.6) is 0 Å². The maximum atomic E-state index is 12.9. The SMILES string of the molecule is COCCC(=O)Cc1cc(F)ccc1C. The van der Waals surface area contributed by atoms with Crippen molar-refractivity contribution in [1.29, 1.82) is 0 Å². The lowest BCUT2D eigenvalue weighted by atomic mass is 10.0. The molecule has 0 saturated carbocycles. The molecule has 0 aliphatic rings. The molecule has 0 aromatic heterocycles. The average molecular weight is 210 g/mol. The summed E-state index contributed by atoms with van der Waals surface area (Å²) in [6, 6.07) is 4.51. The second-order valence-corrected chi connectivity index (χ2v) is 3.53. The van der Waals surface area contributed by atoms with Gasteiger partial charge in [-0.1, -0.05) is 6.07 Å². The van der Waals surface area contributed by atoms with Gasteiger partial charge in [-0.25, -0.2) is 4.39 Å². The van der Waals surface area contributed by atoms with Crippen molar-refractivity contribution in [3.63, 3.8) is 0 Å². The minimum atomic E-state index is -0.296. The summed E-state index contributed by atoms with van der Waals surface area (Å²) in [5, 5.41) is 0. The molecule has 1 rings (SSSR count). The number of methoxy groups -OCH3 is 1. The van der Waals surface area contributed by atoms with E-state index in [1.54, 1.807) is 13.2 Å². The zero-order valence-corrected chi connectivity index (χ0v) is 9.05. The Hall–Kier alpha value is -1.22. The first-order chi connectivity index (χ1) is 7.13. The minimum Gasteiger partial charge on any atom is -0.384 e. The van der Waals surface area contributed by atoms with E-state index < -0.39 is 0 Å². The predicted molar refractivity (Wildman–Crippen MR) is 56.3 cm³/mol. The fourth-order valence-corrected chi connectivity index (χ4v) is 1.35. The zero-order chi connectivity index (χ0) is 11.3. The molecule has 0 unspecified atom stereocenters.